The van der Waals surface area contributed by atoms with E-state index in [1.165, 1.54) is 19.2 Å². The maximum absolute atomic E-state index is 11.3. The topological polar surface area (TPSA) is 95.4 Å². The first-order valence-corrected chi connectivity index (χ1v) is 6.34. The zero-order chi connectivity index (χ0) is 13.1. The summed E-state index contributed by atoms with van der Waals surface area (Å²) in [5.74, 6) is 2.57. The summed E-state index contributed by atoms with van der Waals surface area (Å²) in [4.78, 5) is -0.0679. The molecule has 0 unspecified atom stereocenters. The van der Waals surface area contributed by atoms with Crippen molar-refractivity contribution in [3.05, 3.63) is 23.8 Å². The number of hydrogen-bond acceptors (Lipinski definition) is 4. The van der Waals surface area contributed by atoms with Crippen molar-refractivity contribution in [1.29, 1.82) is 0 Å². The first-order valence-electron chi connectivity index (χ1n) is 4.80. The van der Waals surface area contributed by atoms with Crippen LogP contribution in [-0.4, -0.2) is 21.6 Å². The minimum atomic E-state index is -3.83. The molecule has 17 heavy (non-hydrogen) atoms. The molecule has 0 saturated heterocycles. The van der Waals surface area contributed by atoms with Gasteiger partial charge >= 0.3 is 0 Å². The van der Waals surface area contributed by atoms with Crippen molar-refractivity contribution >= 4 is 10.0 Å². The van der Waals surface area contributed by atoms with E-state index in [2.05, 4.69) is 5.92 Å². The maximum Gasteiger partial charge on any atom is 0.241 e. The second-order valence-electron chi connectivity index (χ2n) is 3.51. The Balaban J connectivity index is 3.20. The molecule has 0 radical (unpaired) electrons. The quantitative estimate of drug-likeness (QED) is 0.730. The third kappa shape index (κ3) is 3.46. The molecule has 1 aromatic carbocycles. The molecule has 0 spiro atoms. The molecule has 6 heteroatoms. The number of methoxy groups -OCH3 is 1. The summed E-state index contributed by atoms with van der Waals surface area (Å²) in [6, 6.07) is 4.19. The summed E-state index contributed by atoms with van der Waals surface area (Å²) in [6.07, 6.45) is 5.54. The largest absolute Gasteiger partial charge is 0.495 e. The first kappa shape index (κ1) is 13.5. The number of benzene rings is 1. The highest BCUT2D eigenvalue weighted by Crippen LogP contribution is 2.24. The predicted molar refractivity (Wildman–Crippen MR) is 64.9 cm³/mol. The predicted octanol–water partition coefficient (Wildman–Crippen LogP) is -0.154. The SMILES string of the molecule is C#C[C@@H](N)Cc1ccc(OC)c(S(N)(=O)=O)c1. The minimum absolute atomic E-state index is 0.0679. The second-order valence-corrected chi connectivity index (χ2v) is 5.04. The summed E-state index contributed by atoms with van der Waals surface area (Å²) in [6.45, 7) is 0. The Labute approximate surface area is 101 Å². The second kappa shape index (κ2) is 5.19. The number of rotatable bonds is 4. The summed E-state index contributed by atoms with van der Waals surface area (Å²) < 4.78 is 27.6. The van der Waals surface area contributed by atoms with Gasteiger partial charge in [0.1, 0.15) is 10.6 Å². The van der Waals surface area contributed by atoms with Gasteiger partial charge in [0.25, 0.3) is 0 Å². The molecule has 0 fully saturated rings. The lowest BCUT2D eigenvalue weighted by Gasteiger charge is -2.10. The van der Waals surface area contributed by atoms with Crippen molar-refractivity contribution in [2.75, 3.05) is 7.11 Å². The van der Waals surface area contributed by atoms with Crippen molar-refractivity contribution in [3.8, 4) is 18.1 Å². The lowest BCUT2D eigenvalue weighted by molar-refractivity contribution is 0.402. The Hall–Kier alpha value is -1.55. The van der Waals surface area contributed by atoms with Crippen LogP contribution in [0.25, 0.3) is 0 Å². The van der Waals surface area contributed by atoms with Gasteiger partial charge in [-0.3, -0.25) is 0 Å². The van der Waals surface area contributed by atoms with Gasteiger partial charge in [-0.1, -0.05) is 12.0 Å². The lowest BCUT2D eigenvalue weighted by atomic mass is 10.1. The molecular weight excluding hydrogens is 240 g/mol. The molecule has 1 atom stereocenters. The van der Waals surface area contributed by atoms with Crippen LogP contribution in [0.15, 0.2) is 23.1 Å². The van der Waals surface area contributed by atoms with Crippen molar-refractivity contribution in [2.45, 2.75) is 17.4 Å². The molecule has 0 amide bonds. The van der Waals surface area contributed by atoms with E-state index in [1.54, 1.807) is 6.07 Å². The summed E-state index contributed by atoms with van der Waals surface area (Å²) in [5.41, 5.74) is 6.28. The van der Waals surface area contributed by atoms with E-state index in [4.69, 9.17) is 22.0 Å². The van der Waals surface area contributed by atoms with Crippen LogP contribution in [0.4, 0.5) is 0 Å². The van der Waals surface area contributed by atoms with Gasteiger partial charge in [-0.25, -0.2) is 13.6 Å². The summed E-state index contributed by atoms with van der Waals surface area (Å²) >= 11 is 0. The van der Waals surface area contributed by atoms with Crippen LogP contribution in [0.1, 0.15) is 5.56 Å². The monoisotopic (exact) mass is 254 g/mol. The van der Waals surface area contributed by atoms with Gasteiger partial charge in [-0.05, 0) is 24.1 Å². The van der Waals surface area contributed by atoms with Crippen LogP contribution in [0, 0.1) is 12.3 Å². The fourth-order valence-corrected chi connectivity index (χ4v) is 2.13. The van der Waals surface area contributed by atoms with Gasteiger partial charge in [-0.15, -0.1) is 6.42 Å². The fourth-order valence-electron chi connectivity index (χ4n) is 1.38. The average Bonchev–Trinajstić information content (AvgIpc) is 2.27. The van der Waals surface area contributed by atoms with E-state index < -0.39 is 16.1 Å². The third-order valence-electron chi connectivity index (χ3n) is 2.20. The van der Waals surface area contributed by atoms with Crippen molar-refractivity contribution in [3.63, 3.8) is 0 Å². The van der Waals surface area contributed by atoms with E-state index >= 15 is 0 Å². The van der Waals surface area contributed by atoms with Crippen molar-refractivity contribution < 1.29 is 13.2 Å². The van der Waals surface area contributed by atoms with E-state index in [1.807, 2.05) is 0 Å². The number of ether oxygens (including phenoxy) is 1. The number of sulfonamides is 1. The molecular formula is C11H14N2O3S. The Morgan fingerprint density at radius 3 is 2.65 bits per heavy atom. The molecule has 92 valence electrons. The number of terminal acetylenes is 1. The van der Waals surface area contributed by atoms with Gasteiger partial charge in [-0.2, -0.15) is 0 Å². The molecule has 0 aliphatic heterocycles. The number of nitrogens with two attached hydrogens (primary N) is 2. The molecule has 0 aromatic heterocycles. The minimum Gasteiger partial charge on any atom is -0.495 e. The van der Waals surface area contributed by atoms with Crippen LogP contribution in [0.3, 0.4) is 0 Å². The van der Waals surface area contributed by atoms with Crippen LogP contribution >= 0.6 is 0 Å². The molecule has 0 bridgehead atoms. The third-order valence-corrected chi connectivity index (χ3v) is 3.14. The highest BCUT2D eigenvalue weighted by atomic mass is 32.2. The molecule has 0 aliphatic carbocycles. The molecule has 0 aliphatic rings. The van der Waals surface area contributed by atoms with Crippen LogP contribution in [0.5, 0.6) is 5.75 Å². The van der Waals surface area contributed by atoms with E-state index in [0.717, 1.165) is 0 Å². The standard InChI is InChI=1S/C11H14N2O3S/c1-3-9(12)6-8-4-5-10(16-2)11(7-8)17(13,14)15/h1,4-5,7,9H,6,12H2,2H3,(H2,13,14,15)/t9-/m1/s1. The zero-order valence-corrected chi connectivity index (χ0v) is 10.2. The van der Waals surface area contributed by atoms with Crippen LogP contribution in [-0.2, 0) is 16.4 Å². The Morgan fingerprint density at radius 2 is 2.18 bits per heavy atom. The molecule has 5 nitrogen and oxygen atoms in total. The smallest absolute Gasteiger partial charge is 0.241 e. The maximum atomic E-state index is 11.3. The normalized spacial score (nSPS) is 12.8. The van der Waals surface area contributed by atoms with E-state index in [9.17, 15) is 8.42 Å². The van der Waals surface area contributed by atoms with Gasteiger partial charge in [0.15, 0.2) is 0 Å². The summed E-state index contributed by atoms with van der Waals surface area (Å²) in [5, 5.41) is 5.09. The van der Waals surface area contributed by atoms with Crippen LogP contribution < -0.4 is 15.6 Å². The lowest BCUT2D eigenvalue weighted by Crippen LogP contribution is -2.20. The van der Waals surface area contributed by atoms with E-state index in [-0.39, 0.29) is 10.6 Å². The van der Waals surface area contributed by atoms with Crippen molar-refractivity contribution in [1.82, 2.24) is 0 Å². The Bertz CT molecular complexity index is 546. The Kier molecular flexibility index (Phi) is 4.12. The van der Waals surface area contributed by atoms with Gasteiger partial charge in [0, 0.05) is 0 Å². The van der Waals surface area contributed by atoms with Gasteiger partial charge in [0.2, 0.25) is 10.0 Å². The molecule has 1 aromatic rings. The Morgan fingerprint density at radius 1 is 1.53 bits per heavy atom. The zero-order valence-electron chi connectivity index (χ0n) is 9.38. The molecule has 1 rings (SSSR count). The average molecular weight is 254 g/mol. The van der Waals surface area contributed by atoms with Gasteiger partial charge in [0.05, 0.1) is 13.2 Å². The van der Waals surface area contributed by atoms with Gasteiger partial charge < -0.3 is 10.5 Å². The molecule has 0 heterocycles. The highest BCUT2D eigenvalue weighted by Gasteiger charge is 2.16. The molecule has 0 saturated carbocycles. The van der Waals surface area contributed by atoms with Crippen LogP contribution in [0.2, 0.25) is 0 Å². The fraction of sp³-hybridized carbons (Fsp3) is 0.273. The van der Waals surface area contributed by atoms with E-state index in [0.29, 0.717) is 12.0 Å². The highest BCUT2D eigenvalue weighted by molar-refractivity contribution is 7.89. The summed E-state index contributed by atoms with van der Waals surface area (Å²) in [7, 11) is -2.46. The number of primary sulfonamides is 1. The number of hydrogen-bond donors (Lipinski definition) is 2. The first-order chi connectivity index (χ1) is 7.88. The van der Waals surface area contributed by atoms with Crippen molar-refractivity contribution in [2.24, 2.45) is 10.9 Å². The molecule has 4 N–H and O–H groups in total.